The Hall–Kier alpha value is -2.77. The number of nitrogens with one attached hydrogen (secondary N) is 2. The van der Waals surface area contributed by atoms with Gasteiger partial charge in [0.15, 0.2) is 0 Å². The quantitative estimate of drug-likeness (QED) is 0.432. The monoisotopic (exact) mass is 452 g/mol. The summed E-state index contributed by atoms with van der Waals surface area (Å²) in [5.41, 5.74) is 1.49. The maximum absolute atomic E-state index is 12.2. The van der Waals surface area contributed by atoms with Gasteiger partial charge in [0.25, 0.3) is 0 Å². The molecule has 0 spiro atoms. The molecule has 0 aliphatic rings. The lowest BCUT2D eigenvalue weighted by Crippen LogP contribution is -2.40. The van der Waals surface area contributed by atoms with Gasteiger partial charge < -0.3 is 20.8 Å². The van der Waals surface area contributed by atoms with Gasteiger partial charge in [-0.15, -0.1) is 0 Å². The Balaban J connectivity index is 1.95. The molecule has 0 heterocycles. The summed E-state index contributed by atoms with van der Waals surface area (Å²) in [6, 6.07) is 13.0. The Morgan fingerprint density at radius 1 is 0.700 bits per heavy atom. The van der Waals surface area contributed by atoms with E-state index in [-0.39, 0.29) is 25.9 Å². The lowest BCUT2D eigenvalue weighted by atomic mass is 9.95. The van der Waals surface area contributed by atoms with E-state index in [0.29, 0.717) is 10.0 Å². The summed E-state index contributed by atoms with van der Waals surface area (Å²) < 4.78 is 0. The minimum absolute atomic E-state index is 0.101. The second kappa shape index (κ2) is 11.4. The first-order chi connectivity index (χ1) is 14.2. The van der Waals surface area contributed by atoms with Gasteiger partial charge in [0.2, 0.25) is 0 Å². The van der Waals surface area contributed by atoms with Crippen LogP contribution in [0.15, 0.2) is 48.5 Å². The van der Waals surface area contributed by atoms with Crippen molar-refractivity contribution in [1.82, 2.24) is 10.6 Å². The first kappa shape index (κ1) is 23.5. The Labute approximate surface area is 184 Å². The highest BCUT2D eigenvalue weighted by molar-refractivity contribution is 6.30. The van der Waals surface area contributed by atoms with E-state index in [1.807, 2.05) is 0 Å². The molecule has 160 valence electrons. The van der Waals surface area contributed by atoms with Gasteiger partial charge >= 0.3 is 18.0 Å². The van der Waals surface area contributed by atoms with Crippen molar-refractivity contribution in [2.24, 2.45) is 0 Å². The smallest absolute Gasteiger partial charge is 0.314 e. The number of urea groups is 1. The van der Waals surface area contributed by atoms with Gasteiger partial charge in [0.05, 0.1) is 12.8 Å². The van der Waals surface area contributed by atoms with E-state index >= 15 is 0 Å². The molecule has 0 bridgehead atoms. The van der Waals surface area contributed by atoms with Crippen LogP contribution in [0.4, 0.5) is 4.79 Å². The first-order valence-electron chi connectivity index (χ1n) is 9.20. The lowest BCUT2D eigenvalue weighted by molar-refractivity contribution is -0.138. The van der Waals surface area contributed by atoms with Crippen LogP contribution in [0.3, 0.4) is 0 Å². The number of hydrogen-bond donors (Lipinski definition) is 4. The van der Waals surface area contributed by atoms with Crippen molar-refractivity contribution in [3.05, 3.63) is 69.7 Å². The molecule has 0 saturated carbocycles. The molecule has 0 unspecified atom stereocenters. The fraction of sp³-hybridized carbons (Fsp3) is 0.286. The van der Waals surface area contributed by atoms with Crippen LogP contribution < -0.4 is 10.6 Å². The predicted molar refractivity (Wildman–Crippen MR) is 114 cm³/mol. The lowest BCUT2D eigenvalue weighted by Gasteiger charge is -2.19. The number of carboxylic acid groups (broad SMARTS) is 2. The van der Waals surface area contributed by atoms with Crippen LogP contribution in [-0.2, 0) is 9.59 Å². The molecular weight excluding hydrogens is 431 g/mol. The second-order valence-corrected chi connectivity index (χ2v) is 7.66. The maximum Gasteiger partial charge on any atom is 0.314 e. The molecule has 30 heavy (non-hydrogen) atoms. The number of halogens is 2. The minimum Gasteiger partial charge on any atom is -0.481 e. The molecular formula is C21H22Cl2N2O5. The number of carbonyl (C=O) groups excluding carboxylic acids is 1. The Morgan fingerprint density at radius 2 is 1.03 bits per heavy atom. The number of carboxylic acids is 2. The standard InChI is InChI=1S/C21H22Cl2N2O5/c22-17-5-1-13(2-6-17)15(9-19(26)27)11-24-21(30)25-12-16(10-20(28)29)14-3-7-18(23)8-4-14/h1-8,15-16H,9-12H2,(H,26,27)(H,28,29)(H2,24,25,30)/t15-,16-/m1/s1. The Morgan fingerprint density at radius 3 is 1.33 bits per heavy atom. The fourth-order valence-corrected chi connectivity index (χ4v) is 3.25. The molecule has 7 nitrogen and oxygen atoms in total. The van der Waals surface area contributed by atoms with E-state index in [2.05, 4.69) is 10.6 Å². The summed E-state index contributed by atoms with van der Waals surface area (Å²) in [7, 11) is 0. The fourth-order valence-electron chi connectivity index (χ4n) is 3.00. The molecule has 0 radical (unpaired) electrons. The summed E-state index contributed by atoms with van der Waals surface area (Å²) in [6.45, 7) is 0.203. The number of aliphatic carboxylic acids is 2. The number of amides is 2. The zero-order valence-corrected chi connectivity index (χ0v) is 17.5. The molecule has 2 aromatic carbocycles. The molecule has 9 heteroatoms. The molecule has 2 rings (SSSR count). The van der Waals surface area contributed by atoms with E-state index in [1.165, 1.54) is 0 Å². The van der Waals surface area contributed by atoms with Crippen molar-refractivity contribution in [1.29, 1.82) is 0 Å². The Bertz CT molecular complexity index is 800. The highest BCUT2D eigenvalue weighted by Crippen LogP contribution is 2.22. The normalized spacial score (nSPS) is 12.6. The van der Waals surface area contributed by atoms with Gasteiger partial charge in [0, 0.05) is 35.0 Å². The van der Waals surface area contributed by atoms with E-state index in [0.717, 1.165) is 11.1 Å². The van der Waals surface area contributed by atoms with Gasteiger partial charge in [0.1, 0.15) is 0 Å². The van der Waals surface area contributed by atoms with Crippen LogP contribution in [0.25, 0.3) is 0 Å². The van der Waals surface area contributed by atoms with Crippen LogP contribution in [-0.4, -0.2) is 41.3 Å². The highest BCUT2D eigenvalue weighted by Gasteiger charge is 2.19. The van der Waals surface area contributed by atoms with Crippen LogP contribution in [0.5, 0.6) is 0 Å². The maximum atomic E-state index is 12.2. The zero-order chi connectivity index (χ0) is 22.1. The van der Waals surface area contributed by atoms with Gasteiger partial charge in [-0.2, -0.15) is 0 Å². The van der Waals surface area contributed by atoms with Crippen LogP contribution in [0.2, 0.25) is 10.0 Å². The predicted octanol–water partition coefficient (Wildman–Crippen LogP) is 4.11. The van der Waals surface area contributed by atoms with E-state index in [4.69, 9.17) is 33.4 Å². The SMILES string of the molecule is O=C(O)C[C@H](CNC(=O)NC[C@@H](CC(=O)O)c1ccc(Cl)cc1)c1ccc(Cl)cc1. The number of hydrogen-bond acceptors (Lipinski definition) is 3. The van der Waals surface area contributed by atoms with Crippen molar-refractivity contribution >= 4 is 41.2 Å². The largest absolute Gasteiger partial charge is 0.481 e. The van der Waals surface area contributed by atoms with E-state index < -0.39 is 29.8 Å². The van der Waals surface area contributed by atoms with Gasteiger partial charge in [-0.3, -0.25) is 9.59 Å². The first-order valence-corrected chi connectivity index (χ1v) is 9.96. The van der Waals surface area contributed by atoms with Gasteiger partial charge in [-0.05, 0) is 35.4 Å². The third-order valence-electron chi connectivity index (χ3n) is 4.54. The molecule has 2 atom stereocenters. The summed E-state index contributed by atoms with van der Waals surface area (Å²) >= 11 is 11.7. The number of carbonyl (C=O) groups is 3. The van der Waals surface area contributed by atoms with Crippen LogP contribution >= 0.6 is 23.2 Å². The van der Waals surface area contributed by atoms with E-state index in [9.17, 15) is 14.4 Å². The molecule has 0 saturated heterocycles. The molecule has 0 fully saturated rings. The second-order valence-electron chi connectivity index (χ2n) is 6.78. The average Bonchev–Trinajstić information content (AvgIpc) is 2.69. The third-order valence-corrected chi connectivity index (χ3v) is 5.05. The summed E-state index contributed by atoms with van der Waals surface area (Å²) in [4.78, 5) is 34.6. The van der Waals surface area contributed by atoms with Crippen LogP contribution in [0, 0.1) is 0 Å². The number of rotatable bonds is 10. The highest BCUT2D eigenvalue weighted by atomic mass is 35.5. The van der Waals surface area contributed by atoms with Gasteiger partial charge in [-0.1, -0.05) is 47.5 Å². The zero-order valence-electron chi connectivity index (χ0n) is 16.0. The molecule has 2 amide bonds. The summed E-state index contributed by atoms with van der Waals surface area (Å²) in [5, 5.41) is 24.7. The average molecular weight is 453 g/mol. The third kappa shape index (κ3) is 7.93. The summed E-state index contributed by atoms with van der Waals surface area (Å²) in [6.07, 6.45) is -0.317. The van der Waals surface area contributed by atoms with Crippen molar-refractivity contribution in [3.8, 4) is 0 Å². The van der Waals surface area contributed by atoms with Crippen molar-refractivity contribution in [2.45, 2.75) is 24.7 Å². The minimum atomic E-state index is -0.985. The molecule has 0 aliphatic heterocycles. The molecule has 0 aromatic heterocycles. The van der Waals surface area contributed by atoms with Crippen LogP contribution in [0.1, 0.15) is 35.8 Å². The molecule has 0 aliphatic carbocycles. The van der Waals surface area contributed by atoms with Crippen molar-refractivity contribution in [3.63, 3.8) is 0 Å². The van der Waals surface area contributed by atoms with Crippen molar-refractivity contribution in [2.75, 3.05) is 13.1 Å². The van der Waals surface area contributed by atoms with E-state index in [1.54, 1.807) is 48.5 Å². The van der Waals surface area contributed by atoms with Gasteiger partial charge in [-0.25, -0.2) is 4.79 Å². The molecule has 2 aromatic rings. The van der Waals surface area contributed by atoms with Crippen molar-refractivity contribution < 1.29 is 24.6 Å². The Kier molecular flexibility index (Phi) is 8.95. The number of benzene rings is 2. The summed E-state index contributed by atoms with van der Waals surface area (Å²) in [5.74, 6) is -2.84. The molecule has 4 N–H and O–H groups in total. The topological polar surface area (TPSA) is 116 Å².